The molecule has 0 atom stereocenters. The van der Waals surface area contributed by atoms with Crippen molar-refractivity contribution in [3.63, 3.8) is 0 Å². The molecule has 35 heavy (non-hydrogen) atoms. The zero-order valence-electron chi connectivity index (χ0n) is 18.8. The second kappa shape index (κ2) is 10.2. The van der Waals surface area contributed by atoms with Gasteiger partial charge in [-0.1, -0.05) is 31.2 Å². The summed E-state index contributed by atoms with van der Waals surface area (Å²) >= 11 is 0. The quantitative estimate of drug-likeness (QED) is 0.356. The smallest absolute Gasteiger partial charge is 0.335 e. The predicted molar refractivity (Wildman–Crippen MR) is 127 cm³/mol. The Hall–Kier alpha value is -4.53. The molecule has 178 valence electrons. The van der Waals surface area contributed by atoms with Crippen molar-refractivity contribution in [3.05, 3.63) is 105 Å². The van der Waals surface area contributed by atoms with Crippen molar-refractivity contribution >= 4 is 22.8 Å². The molecule has 1 aromatic heterocycles. The van der Waals surface area contributed by atoms with Crippen molar-refractivity contribution in [3.8, 4) is 5.75 Å². The number of halogens is 1. The Morgan fingerprint density at radius 3 is 2.54 bits per heavy atom. The van der Waals surface area contributed by atoms with Gasteiger partial charge in [-0.25, -0.2) is 14.2 Å². The lowest BCUT2D eigenvalue weighted by Crippen LogP contribution is -2.28. The predicted octanol–water partition coefficient (Wildman–Crippen LogP) is 3.83. The van der Waals surface area contributed by atoms with E-state index in [4.69, 9.17) is 9.84 Å². The molecular weight excluding hydrogens is 453 g/mol. The van der Waals surface area contributed by atoms with Gasteiger partial charge in [0.05, 0.1) is 16.5 Å². The Bertz CT molecular complexity index is 1460. The van der Waals surface area contributed by atoms with E-state index >= 15 is 0 Å². The number of fused-ring (bicyclic) bond motifs is 1. The van der Waals surface area contributed by atoms with Crippen LogP contribution in [0, 0.1) is 5.82 Å². The van der Waals surface area contributed by atoms with Crippen molar-refractivity contribution in [2.24, 2.45) is 0 Å². The Morgan fingerprint density at radius 2 is 1.83 bits per heavy atom. The summed E-state index contributed by atoms with van der Waals surface area (Å²) in [7, 11) is 0. The molecule has 8 nitrogen and oxygen atoms in total. The lowest BCUT2D eigenvalue weighted by molar-refractivity contribution is 0.0696. The van der Waals surface area contributed by atoms with Crippen molar-refractivity contribution in [1.29, 1.82) is 0 Å². The van der Waals surface area contributed by atoms with Crippen molar-refractivity contribution in [1.82, 2.24) is 15.3 Å². The molecule has 0 bridgehead atoms. The highest BCUT2D eigenvalue weighted by atomic mass is 19.1. The number of carboxylic acids is 1. The van der Waals surface area contributed by atoms with Crippen LogP contribution >= 0.6 is 0 Å². The molecule has 0 saturated carbocycles. The average molecular weight is 475 g/mol. The number of nitrogens with one attached hydrogen (secondary N) is 2. The molecule has 0 radical (unpaired) electrons. The number of carbonyl (C=O) groups is 2. The zero-order chi connectivity index (χ0) is 24.9. The lowest BCUT2D eigenvalue weighted by Gasteiger charge is -2.11. The minimum Gasteiger partial charge on any atom is -0.489 e. The number of carboxylic acid groups (broad SMARTS) is 1. The molecule has 3 N–H and O–H groups in total. The third-order valence-electron chi connectivity index (χ3n) is 5.48. The highest BCUT2D eigenvalue weighted by Crippen LogP contribution is 2.21. The number of aryl methyl sites for hydroxylation is 1. The number of H-pyrrole nitrogens is 1. The second-order valence-electron chi connectivity index (χ2n) is 7.81. The van der Waals surface area contributed by atoms with E-state index in [2.05, 4.69) is 15.3 Å². The van der Waals surface area contributed by atoms with Gasteiger partial charge in [0, 0.05) is 12.1 Å². The standard InChI is InChI=1S/C26H22FN3O5/c1-2-15-4-3-5-16(12-15)13-28-25(32)23-29-21-11-10-20(27)19(22(21)24(31)30-23)14-35-18-8-6-17(7-9-18)26(33)34/h3-12H,2,13-14H2,1H3,(H,28,32)(H,33,34)(H,29,30,31). The fourth-order valence-electron chi connectivity index (χ4n) is 3.60. The van der Waals surface area contributed by atoms with Crippen LogP contribution in [0.4, 0.5) is 4.39 Å². The van der Waals surface area contributed by atoms with Crippen LogP contribution in [-0.2, 0) is 19.6 Å². The van der Waals surface area contributed by atoms with Gasteiger partial charge in [0.1, 0.15) is 18.2 Å². The van der Waals surface area contributed by atoms with Gasteiger partial charge in [-0.15, -0.1) is 0 Å². The summed E-state index contributed by atoms with van der Waals surface area (Å²) < 4.78 is 20.1. The van der Waals surface area contributed by atoms with Gasteiger partial charge in [-0.3, -0.25) is 9.59 Å². The highest BCUT2D eigenvalue weighted by Gasteiger charge is 2.17. The van der Waals surface area contributed by atoms with Crippen molar-refractivity contribution in [2.75, 3.05) is 0 Å². The first kappa shape index (κ1) is 23.6. The summed E-state index contributed by atoms with van der Waals surface area (Å²) in [5.41, 5.74) is 1.59. The average Bonchev–Trinajstić information content (AvgIpc) is 2.87. The van der Waals surface area contributed by atoms with Crippen LogP contribution in [-0.4, -0.2) is 27.0 Å². The van der Waals surface area contributed by atoms with Crippen LogP contribution < -0.4 is 15.6 Å². The first-order valence-corrected chi connectivity index (χ1v) is 10.9. The Labute approximate surface area is 199 Å². The second-order valence-corrected chi connectivity index (χ2v) is 7.81. The number of carbonyl (C=O) groups excluding carboxylic acids is 1. The topological polar surface area (TPSA) is 121 Å². The minimum atomic E-state index is -1.08. The zero-order valence-corrected chi connectivity index (χ0v) is 18.8. The summed E-state index contributed by atoms with van der Waals surface area (Å²) in [6, 6.07) is 15.9. The number of benzene rings is 3. The molecule has 9 heteroatoms. The lowest BCUT2D eigenvalue weighted by atomic mass is 10.1. The third-order valence-corrected chi connectivity index (χ3v) is 5.48. The van der Waals surface area contributed by atoms with Crippen LogP contribution in [0.3, 0.4) is 0 Å². The third kappa shape index (κ3) is 5.35. The summed E-state index contributed by atoms with van der Waals surface area (Å²) in [5, 5.41) is 11.7. The molecule has 0 fully saturated rings. The Morgan fingerprint density at radius 1 is 1.09 bits per heavy atom. The van der Waals surface area contributed by atoms with Gasteiger partial charge in [-0.05, 0) is 53.9 Å². The maximum Gasteiger partial charge on any atom is 0.335 e. The summed E-state index contributed by atoms with van der Waals surface area (Å²) in [6.07, 6.45) is 0.873. The number of nitrogens with zero attached hydrogens (tertiary/aromatic N) is 1. The van der Waals surface area contributed by atoms with E-state index in [-0.39, 0.29) is 41.0 Å². The first-order valence-electron chi connectivity index (χ1n) is 10.9. The van der Waals surface area contributed by atoms with Gasteiger partial charge < -0.3 is 20.1 Å². The summed E-state index contributed by atoms with van der Waals surface area (Å²) in [5.74, 6) is -2.19. The molecule has 0 spiro atoms. The normalized spacial score (nSPS) is 10.8. The molecule has 1 amide bonds. The SMILES string of the molecule is CCc1cccc(CNC(=O)c2nc3ccc(F)c(COc4ccc(C(=O)O)cc4)c3c(=O)[nH]2)c1. The van der Waals surface area contributed by atoms with E-state index < -0.39 is 23.3 Å². The fourth-order valence-corrected chi connectivity index (χ4v) is 3.60. The molecule has 4 rings (SSSR count). The van der Waals surface area contributed by atoms with Crippen LogP contribution in [0.2, 0.25) is 0 Å². The molecule has 4 aromatic rings. The van der Waals surface area contributed by atoms with Crippen molar-refractivity contribution in [2.45, 2.75) is 26.5 Å². The molecule has 0 aliphatic carbocycles. The number of amides is 1. The van der Waals surface area contributed by atoms with E-state index in [0.29, 0.717) is 5.75 Å². The monoisotopic (exact) mass is 475 g/mol. The number of ether oxygens (including phenoxy) is 1. The van der Waals surface area contributed by atoms with Crippen LogP contribution in [0.15, 0.2) is 65.5 Å². The van der Waals surface area contributed by atoms with E-state index in [1.54, 1.807) is 0 Å². The van der Waals surface area contributed by atoms with E-state index in [1.165, 1.54) is 30.3 Å². The van der Waals surface area contributed by atoms with Gasteiger partial charge >= 0.3 is 5.97 Å². The molecule has 1 heterocycles. The van der Waals surface area contributed by atoms with Gasteiger partial charge in [-0.2, -0.15) is 0 Å². The molecule has 0 saturated heterocycles. The largest absolute Gasteiger partial charge is 0.489 e. The van der Waals surface area contributed by atoms with Crippen molar-refractivity contribution < 1.29 is 23.8 Å². The molecular formula is C26H22FN3O5. The molecule has 0 aliphatic heterocycles. The summed E-state index contributed by atoms with van der Waals surface area (Å²) in [4.78, 5) is 43.0. The molecule has 3 aromatic carbocycles. The maximum atomic E-state index is 14.6. The van der Waals surface area contributed by atoms with Crippen LogP contribution in [0.25, 0.3) is 10.9 Å². The first-order chi connectivity index (χ1) is 16.9. The molecule has 0 aliphatic rings. The number of hydrogen-bond acceptors (Lipinski definition) is 5. The maximum absolute atomic E-state index is 14.6. The fraction of sp³-hybridized carbons (Fsp3) is 0.154. The number of aromatic amines is 1. The van der Waals surface area contributed by atoms with E-state index in [1.807, 2.05) is 31.2 Å². The molecule has 0 unspecified atom stereocenters. The number of aromatic carboxylic acids is 1. The van der Waals surface area contributed by atoms with E-state index in [9.17, 15) is 18.8 Å². The summed E-state index contributed by atoms with van der Waals surface area (Å²) in [6.45, 7) is 2.01. The number of aromatic nitrogens is 2. The van der Waals surface area contributed by atoms with Gasteiger partial charge in [0.15, 0.2) is 5.82 Å². The number of rotatable bonds is 8. The highest BCUT2D eigenvalue weighted by molar-refractivity contribution is 5.93. The van der Waals surface area contributed by atoms with E-state index in [0.717, 1.165) is 23.6 Å². The van der Waals surface area contributed by atoms with Gasteiger partial charge in [0.25, 0.3) is 11.5 Å². The Balaban J connectivity index is 1.54. The van der Waals surface area contributed by atoms with Crippen LogP contribution in [0.1, 0.15) is 44.6 Å². The Kier molecular flexibility index (Phi) is 6.86. The van der Waals surface area contributed by atoms with Gasteiger partial charge in [0.2, 0.25) is 0 Å². The minimum absolute atomic E-state index is 0.0260. The van der Waals surface area contributed by atoms with Crippen LogP contribution in [0.5, 0.6) is 5.75 Å². The number of hydrogen-bond donors (Lipinski definition) is 3.